The van der Waals surface area contributed by atoms with E-state index >= 15 is 0 Å². The van der Waals surface area contributed by atoms with Crippen LogP contribution in [0.1, 0.15) is 29.2 Å². The summed E-state index contributed by atoms with van der Waals surface area (Å²) in [6.45, 7) is 0. The van der Waals surface area contributed by atoms with Gasteiger partial charge < -0.3 is 4.74 Å². The summed E-state index contributed by atoms with van der Waals surface area (Å²) in [4.78, 5) is 13.3. The van der Waals surface area contributed by atoms with Crippen molar-refractivity contribution in [1.29, 1.82) is 0 Å². The molecular weight excluding hydrogens is 425 g/mol. The number of nitrogens with one attached hydrogen (secondary N) is 1. The van der Waals surface area contributed by atoms with Crippen molar-refractivity contribution in [2.75, 3.05) is 0 Å². The highest BCUT2D eigenvalue weighted by Crippen LogP contribution is 2.52. The van der Waals surface area contributed by atoms with Crippen LogP contribution in [0.4, 0.5) is 9.18 Å². The average Bonchev–Trinajstić information content (AvgIpc) is 3.39. The third kappa shape index (κ3) is 3.00. The molecule has 32 heavy (non-hydrogen) atoms. The van der Waals surface area contributed by atoms with Gasteiger partial charge in [0.25, 0.3) is 5.24 Å². The van der Waals surface area contributed by atoms with E-state index in [0.29, 0.717) is 17.1 Å². The summed E-state index contributed by atoms with van der Waals surface area (Å²) in [5, 5.41) is 9.61. The summed E-state index contributed by atoms with van der Waals surface area (Å²) in [5.41, 5.74) is 3.77. The van der Waals surface area contributed by atoms with Gasteiger partial charge in [0.05, 0.1) is 16.7 Å². The lowest BCUT2D eigenvalue weighted by atomic mass is 9.95. The lowest BCUT2D eigenvalue weighted by Gasteiger charge is -2.45. The van der Waals surface area contributed by atoms with E-state index in [0.717, 1.165) is 34.2 Å². The van der Waals surface area contributed by atoms with E-state index in [-0.39, 0.29) is 17.1 Å². The molecule has 1 fully saturated rings. The standard InChI is InChI=1S/C25H18FN3O2S/c26-18-12-10-16(11-13-18)14-23-25(27-24(30)32-23)29-21(19-8-4-5-9-22(19)31-25)15-20(28-29)17-6-2-1-3-7-17/h1-14,21H,15H2,(H,27,30). The SMILES string of the molecule is O=C1NC2(Oc3ccccc3C3CC(c4ccccc4)=NN32)C(=Cc2ccc(F)cc2)S1. The number of thioether (sulfide) groups is 1. The number of carbonyl (C=O) groups is 1. The van der Waals surface area contributed by atoms with Crippen molar-refractivity contribution in [3.05, 3.63) is 106 Å². The minimum Gasteiger partial charge on any atom is -0.444 e. The third-order valence-corrected chi connectivity index (χ3v) is 6.75. The van der Waals surface area contributed by atoms with Gasteiger partial charge in [0.1, 0.15) is 11.6 Å². The van der Waals surface area contributed by atoms with Gasteiger partial charge in [-0.2, -0.15) is 5.10 Å². The Hall–Kier alpha value is -3.58. The maximum Gasteiger partial charge on any atom is 0.314 e. The number of carbonyl (C=O) groups excluding carboxylic acids is 1. The summed E-state index contributed by atoms with van der Waals surface area (Å²) < 4.78 is 19.9. The second kappa shape index (κ2) is 7.24. The third-order valence-electron chi connectivity index (χ3n) is 5.85. The first kappa shape index (κ1) is 19.1. The number of fused-ring (bicyclic) bond motifs is 4. The predicted molar refractivity (Wildman–Crippen MR) is 122 cm³/mol. The van der Waals surface area contributed by atoms with Gasteiger partial charge in [-0.1, -0.05) is 60.7 Å². The molecule has 2 unspecified atom stereocenters. The van der Waals surface area contributed by atoms with E-state index in [1.54, 1.807) is 12.1 Å². The summed E-state index contributed by atoms with van der Waals surface area (Å²) in [5.74, 6) is -0.855. The molecule has 3 aromatic rings. The first-order valence-corrected chi connectivity index (χ1v) is 11.1. The van der Waals surface area contributed by atoms with Crippen molar-refractivity contribution in [3.63, 3.8) is 0 Å². The van der Waals surface area contributed by atoms with Crippen LogP contribution in [0, 0.1) is 5.82 Å². The average molecular weight is 444 g/mol. The topological polar surface area (TPSA) is 53.9 Å². The second-order valence-corrected chi connectivity index (χ2v) is 8.85. The van der Waals surface area contributed by atoms with Crippen LogP contribution in [-0.2, 0) is 0 Å². The summed E-state index contributed by atoms with van der Waals surface area (Å²) in [6, 6.07) is 23.9. The first-order valence-electron chi connectivity index (χ1n) is 10.3. The molecule has 0 saturated carbocycles. The Bertz CT molecular complexity index is 1280. The number of benzene rings is 3. The molecule has 0 aliphatic carbocycles. The van der Waals surface area contributed by atoms with Crippen LogP contribution in [0.15, 0.2) is 88.9 Å². The molecule has 0 radical (unpaired) electrons. The molecule has 6 rings (SSSR count). The molecule has 1 N–H and O–H groups in total. The van der Waals surface area contributed by atoms with E-state index in [9.17, 15) is 9.18 Å². The van der Waals surface area contributed by atoms with Gasteiger partial charge in [-0.05, 0) is 47.2 Å². The van der Waals surface area contributed by atoms with Crippen LogP contribution in [0.5, 0.6) is 5.75 Å². The molecule has 1 amide bonds. The molecule has 0 aromatic heterocycles. The van der Waals surface area contributed by atoms with Crippen molar-refractivity contribution in [3.8, 4) is 5.75 Å². The van der Waals surface area contributed by atoms with Gasteiger partial charge in [0.2, 0.25) is 0 Å². The van der Waals surface area contributed by atoms with Crippen molar-refractivity contribution >= 4 is 28.8 Å². The van der Waals surface area contributed by atoms with Gasteiger partial charge >= 0.3 is 5.85 Å². The Morgan fingerprint density at radius 1 is 1.06 bits per heavy atom. The number of hydrazone groups is 1. The number of ether oxygens (including phenoxy) is 1. The van der Waals surface area contributed by atoms with E-state index in [1.165, 1.54) is 12.1 Å². The van der Waals surface area contributed by atoms with Crippen LogP contribution >= 0.6 is 11.8 Å². The zero-order chi connectivity index (χ0) is 21.7. The first-order chi connectivity index (χ1) is 15.6. The highest BCUT2D eigenvalue weighted by Gasteiger charge is 2.58. The van der Waals surface area contributed by atoms with Crippen LogP contribution in [0.3, 0.4) is 0 Å². The number of halogens is 1. The maximum absolute atomic E-state index is 13.4. The van der Waals surface area contributed by atoms with Crippen molar-refractivity contribution in [1.82, 2.24) is 10.3 Å². The molecule has 1 saturated heterocycles. The smallest absolute Gasteiger partial charge is 0.314 e. The normalized spacial score (nSPS) is 24.7. The zero-order valence-corrected chi connectivity index (χ0v) is 17.7. The molecule has 1 spiro atoms. The molecule has 3 aliphatic rings. The Labute approximate surface area is 188 Å². The van der Waals surface area contributed by atoms with Gasteiger partial charge in [0, 0.05) is 12.0 Å². The largest absolute Gasteiger partial charge is 0.444 e. The fourth-order valence-corrected chi connectivity index (χ4v) is 5.29. The number of para-hydroxylation sites is 1. The van der Waals surface area contributed by atoms with Crippen molar-refractivity contribution in [2.24, 2.45) is 5.10 Å². The van der Waals surface area contributed by atoms with E-state index < -0.39 is 5.85 Å². The minimum atomic E-state index is -1.26. The minimum absolute atomic E-state index is 0.0919. The van der Waals surface area contributed by atoms with E-state index in [1.807, 2.05) is 65.7 Å². The molecule has 3 heterocycles. The number of amides is 1. The van der Waals surface area contributed by atoms with Crippen LogP contribution < -0.4 is 10.1 Å². The lowest BCUT2D eigenvalue weighted by Crippen LogP contribution is -2.61. The zero-order valence-electron chi connectivity index (χ0n) is 16.9. The fraction of sp³-hybridized carbons (Fsp3) is 0.120. The highest BCUT2D eigenvalue weighted by atomic mass is 32.2. The predicted octanol–water partition coefficient (Wildman–Crippen LogP) is 5.52. The Balaban J connectivity index is 1.51. The van der Waals surface area contributed by atoms with E-state index in [2.05, 4.69) is 5.32 Å². The lowest BCUT2D eigenvalue weighted by molar-refractivity contribution is -0.0949. The summed E-state index contributed by atoms with van der Waals surface area (Å²) in [6.07, 6.45) is 2.54. The van der Waals surface area contributed by atoms with Crippen LogP contribution in [-0.4, -0.2) is 21.8 Å². The van der Waals surface area contributed by atoms with Crippen molar-refractivity contribution in [2.45, 2.75) is 18.3 Å². The van der Waals surface area contributed by atoms with Gasteiger partial charge in [-0.15, -0.1) is 0 Å². The molecule has 0 bridgehead atoms. The molecule has 2 atom stereocenters. The Morgan fingerprint density at radius 3 is 2.62 bits per heavy atom. The molecule has 3 aromatic carbocycles. The molecule has 3 aliphatic heterocycles. The Morgan fingerprint density at radius 2 is 1.81 bits per heavy atom. The van der Waals surface area contributed by atoms with E-state index in [4.69, 9.17) is 9.84 Å². The van der Waals surface area contributed by atoms with Crippen LogP contribution in [0.2, 0.25) is 0 Å². The summed E-state index contributed by atoms with van der Waals surface area (Å²) >= 11 is 1.07. The van der Waals surface area contributed by atoms with Crippen LogP contribution in [0.25, 0.3) is 6.08 Å². The number of hydrogen-bond acceptors (Lipinski definition) is 5. The van der Waals surface area contributed by atoms with Gasteiger partial charge in [-0.25, -0.2) is 9.40 Å². The fourth-order valence-electron chi connectivity index (χ4n) is 4.38. The maximum atomic E-state index is 13.4. The van der Waals surface area contributed by atoms with Gasteiger partial charge in [-0.3, -0.25) is 10.1 Å². The second-order valence-electron chi connectivity index (χ2n) is 7.84. The number of rotatable bonds is 2. The van der Waals surface area contributed by atoms with Crippen molar-refractivity contribution < 1.29 is 13.9 Å². The molecule has 158 valence electrons. The van der Waals surface area contributed by atoms with Gasteiger partial charge in [0.15, 0.2) is 0 Å². The molecule has 7 heteroatoms. The number of nitrogens with zero attached hydrogens (tertiary/aromatic N) is 2. The Kier molecular flexibility index (Phi) is 4.33. The number of hydrogen-bond donors (Lipinski definition) is 1. The monoisotopic (exact) mass is 443 g/mol. The molecular formula is C25H18FN3O2S. The summed E-state index contributed by atoms with van der Waals surface area (Å²) in [7, 11) is 0. The highest BCUT2D eigenvalue weighted by molar-refractivity contribution is 8.17. The molecule has 5 nitrogen and oxygen atoms in total. The quantitative estimate of drug-likeness (QED) is 0.567.